The lowest BCUT2D eigenvalue weighted by Crippen LogP contribution is -2.53. The highest BCUT2D eigenvalue weighted by Crippen LogP contribution is 2.29. The minimum absolute atomic E-state index is 0.0306. The molecule has 1 heterocycles. The molecule has 31 heavy (non-hydrogen) atoms. The second-order valence-corrected chi connectivity index (χ2v) is 9.96. The number of aromatic nitrogens is 1. The van der Waals surface area contributed by atoms with Crippen molar-refractivity contribution in [1.29, 1.82) is 0 Å². The van der Waals surface area contributed by atoms with Gasteiger partial charge in [0.15, 0.2) is 0 Å². The van der Waals surface area contributed by atoms with Gasteiger partial charge in [-0.05, 0) is 62.0 Å². The maximum absolute atomic E-state index is 13.4. The van der Waals surface area contributed by atoms with Crippen molar-refractivity contribution < 1.29 is 9.59 Å². The maximum Gasteiger partial charge on any atom is 0.243 e. The summed E-state index contributed by atoms with van der Waals surface area (Å²) in [5.74, 6) is 1.22. The van der Waals surface area contributed by atoms with E-state index in [1.165, 1.54) is 6.42 Å². The van der Waals surface area contributed by atoms with Crippen molar-refractivity contribution in [1.82, 2.24) is 15.6 Å². The van der Waals surface area contributed by atoms with Gasteiger partial charge in [0.05, 0.1) is 0 Å². The SMILES string of the molecule is CC1CCC(C(=O)N[C@H](Cc2c[nH]c3ccccc23)C(=O)N[C@@H]2CCCC[C@H]2C)CC1. The lowest BCUT2D eigenvalue weighted by atomic mass is 9.82. The van der Waals surface area contributed by atoms with Gasteiger partial charge < -0.3 is 15.6 Å². The fourth-order valence-electron chi connectivity index (χ4n) is 5.36. The monoisotopic (exact) mass is 423 g/mol. The minimum atomic E-state index is -0.541. The van der Waals surface area contributed by atoms with Crippen molar-refractivity contribution in [2.24, 2.45) is 17.8 Å². The van der Waals surface area contributed by atoms with Crippen molar-refractivity contribution in [3.05, 3.63) is 36.0 Å². The molecule has 5 nitrogen and oxygen atoms in total. The number of rotatable bonds is 6. The van der Waals surface area contributed by atoms with E-state index >= 15 is 0 Å². The Labute approximate surface area is 185 Å². The van der Waals surface area contributed by atoms with Gasteiger partial charge in [-0.3, -0.25) is 9.59 Å². The predicted molar refractivity (Wildman–Crippen MR) is 125 cm³/mol. The summed E-state index contributed by atoms with van der Waals surface area (Å²) in [5.41, 5.74) is 2.13. The van der Waals surface area contributed by atoms with Crippen molar-refractivity contribution >= 4 is 22.7 Å². The second-order valence-electron chi connectivity index (χ2n) is 9.96. The van der Waals surface area contributed by atoms with E-state index in [1.54, 1.807) is 0 Å². The van der Waals surface area contributed by atoms with Crippen LogP contribution in [0.15, 0.2) is 30.5 Å². The van der Waals surface area contributed by atoms with Crippen LogP contribution in [0.25, 0.3) is 10.9 Å². The highest BCUT2D eigenvalue weighted by atomic mass is 16.2. The Morgan fingerprint density at radius 2 is 1.77 bits per heavy atom. The van der Waals surface area contributed by atoms with Crippen LogP contribution < -0.4 is 10.6 Å². The smallest absolute Gasteiger partial charge is 0.243 e. The molecule has 5 heteroatoms. The van der Waals surface area contributed by atoms with E-state index in [2.05, 4.69) is 35.5 Å². The zero-order chi connectivity index (χ0) is 21.8. The second kappa shape index (κ2) is 9.88. The summed E-state index contributed by atoms with van der Waals surface area (Å²) in [5, 5.41) is 7.54. The summed E-state index contributed by atoms with van der Waals surface area (Å²) < 4.78 is 0. The Bertz CT molecular complexity index is 897. The fourth-order valence-corrected chi connectivity index (χ4v) is 5.36. The molecule has 0 bridgehead atoms. The first kappa shape index (κ1) is 21.9. The topological polar surface area (TPSA) is 74.0 Å². The van der Waals surface area contributed by atoms with E-state index in [9.17, 15) is 9.59 Å². The highest BCUT2D eigenvalue weighted by Gasteiger charge is 2.31. The number of nitrogens with one attached hydrogen (secondary N) is 3. The normalized spacial score (nSPS) is 27.5. The Morgan fingerprint density at radius 1 is 1.03 bits per heavy atom. The van der Waals surface area contributed by atoms with Crippen LogP contribution in [0.1, 0.15) is 70.8 Å². The van der Waals surface area contributed by atoms with Crippen molar-refractivity contribution in [3.8, 4) is 0 Å². The molecule has 0 saturated heterocycles. The summed E-state index contributed by atoms with van der Waals surface area (Å²) in [6.07, 6.45) is 11.1. The molecule has 1 aromatic heterocycles. The molecule has 0 spiro atoms. The van der Waals surface area contributed by atoms with E-state index in [4.69, 9.17) is 0 Å². The van der Waals surface area contributed by atoms with Gasteiger partial charge in [-0.25, -0.2) is 0 Å². The summed E-state index contributed by atoms with van der Waals surface area (Å²) in [6.45, 7) is 4.48. The molecule has 4 rings (SSSR count). The average molecular weight is 424 g/mol. The van der Waals surface area contributed by atoms with Crippen LogP contribution in [0.2, 0.25) is 0 Å². The van der Waals surface area contributed by atoms with Crippen LogP contribution in [0, 0.1) is 17.8 Å². The number of benzene rings is 1. The van der Waals surface area contributed by atoms with Crippen LogP contribution >= 0.6 is 0 Å². The molecule has 2 saturated carbocycles. The summed E-state index contributed by atoms with van der Waals surface area (Å²) >= 11 is 0. The Morgan fingerprint density at radius 3 is 2.55 bits per heavy atom. The molecule has 0 unspecified atom stereocenters. The van der Waals surface area contributed by atoms with Gasteiger partial charge in [-0.1, -0.05) is 44.9 Å². The molecule has 0 aliphatic heterocycles. The molecule has 2 aliphatic carbocycles. The molecule has 3 N–H and O–H groups in total. The van der Waals surface area contributed by atoms with E-state index in [0.29, 0.717) is 18.3 Å². The first-order valence-electron chi connectivity index (χ1n) is 12.2. The number of amides is 2. The number of carbonyl (C=O) groups excluding carboxylic acids is 2. The Kier molecular flexibility index (Phi) is 6.99. The molecule has 2 amide bonds. The van der Waals surface area contributed by atoms with Crippen LogP contribution in [0.5, 0.6) is 0 Å². The van der Waals surface area contributed by atoms with Crippen molar-refractivity contribution in [2.75, 3.05) is 0 Å². The molecule has 2 fully saturated rings. The Hall–Kier alpha value is -2.30. The predicted octanol–water partition coefficient (Wildman–Crippen LogP) is 4.72. The van der Waals surface area contributed by atoms with Gasteiger partial charge in [0.2, 0.25) is 11.8 Å². The third kappa shape index (κ3) is 5.31. The minimum Gasteiger partial charge on any atom is -0.361 e. The first-order valence-corrected chi connectivity index (χ1v) is 12.2. The number of fused-ring (bicyclic) bond motifs is 1. The van der Waals surface area contributed by atoms with Gasteiger partial charge in [0, 0.05) is 35.5 Å². The van der Waals surface area contributed by atoms with Gasteiger partial charge in [0.25, 0.3) is 0 Å². The molecule has 2 aromatic rings. The van der Waals surface area contributed by atoms with Crippen LogP contribution in [0.3, 0.4) is 0 Å². The number of aromatic amines is 1. The van der Waals surface area contributed by atoms with Crippen molar-refractivity contribution in [2.45, 2.75) is 83.7 Å². The third-order valence-corrected chi connectivity index (χ3v) is 7.56. The number of hydrogen-bond donors (Lipinski definition) is 3. The molecule has 0 radical (unpaired) electrons. The quantitative estimate of drug-likeness (QED) is 0.629. The van der Waals surface area contributed by atoms with Crippen LogP contribution in [-0.2, 0) is 16.0 Å². The first-order chi connectivity index (χ1) is 15.0. The van der Waals surface area contributed by atoms with E-state index in [0.717, 1.165) is 61.4 Å². The van der Waals surface area contributed by atoms with Crippen LogP contribution in [-0.4, -0.2) is 28.9 Å². The summed E-state index contributed by atoms with van der Waals surface area (Å²) in [4.78, 5) is 29.7. The number of carbonyl (C=O) groups is 2. The van der Waals surface area contributed by atoms with Gasteiger partial charge >= 0.3 is 0 Å². The Balaban J connectivity index is 1.49. The molecular weight excluding hydrogens is 386 g/mol. The van der Waals surface area contributed by atoms with Gasteiger partial charge in [-0.2, -0.15) is 0 Å². The van der Waals surface area contributed by atoms with Gasteiger partial charge in [0.1, 0.15) is 6.04 Å². The van der Waals surface area contributed by atoms with E-state index in [-0.39, 0.29) is 23.8 Å². The summed E-state index contributed by atoms with van der Waals surface area (Å²) in [6, 6.07) is 7.80. The largest absolute Gasteiger partial charge is 0.361 e. The van der Waals surface area contributed by atoms with Crippen LogP contribution in [0.4, 0.5) is 0 Å². The number of hydrogen-bond acceptors (Lipinski definition) is 2. The standard InChI is InChI=1S/C26H37N3O2/c1-17-11-13-19(14-12-17)25(30)29-24(26(31)28-22-9-5-3-7-18(22)2)15-20-16-27-23-10-6-4-8-21(20)23/h4,6,8,10,16-19,22,24,27H,3,5,7,9,11-15H2,1-2H3,(H,28,31)(H,29,30)/t17?,18-,19?,22-,24-/m1/s1. The lowest BCUT2D eigenvalue weighted by molar-refractivity contribution is -0.132. The third-order valence-electron chi connectivity index (χ3n) is 7.56. The molecule has 2 aliphatic rings. The fraction of sp³-hybridized carbons (Fsp3) is 0.615. The van der Waals surface area contributed by atoms with Gasteiger partial charge in [-0.15, -0.1) is 0 Å². The van der Waals surface area contributed by atoms with Crippen molar-refractivity contribution in [3.63, 3.8) is 0 Å². The zero-order valence-electron chi connectivity index (χ0n) is 19.0. The zero-order valence-corrected chi connectivity index (χ0v) is 19.0. The van der Waals surface area contributed by atoms with E-state index < -0.39 is 6.04 Å². The average Bonchev–Trinajstić information content (AvgIpc) is 3.18. The summed E-state index contributed by atoms with van der Waals surface area (Å²) in [7, 11) is 0. The molecule has 168 valence electrons. The highest BCUT2D eigenvalue weighted by molar-refractivity contribution is 5.90. The maximum atomic E-state index is 13.4. The lowest BCUT2D eigenvalue weighted by Gasteiger charge is -2.32. The molecule has 1 aromatic carbocycles. The molecular formula is C26H37N3O2. The number of para-hydroxylation sites is 1. The molecule has 3 atom stereocenters. The van der Waals surface area contributed by atoms with E-state index in [1.807, 2.05) is 24.4 Å². The number of H-pyrrole nitrogens is 1.